The molecule has 1 heterocycles. The van der Waals surface area contributed by atoms with Crippen LogP contribution in [0.2, 0.25) is 0 Å². The number of nitrogens with zero attached hydrogens (tertiary/aromatic N) is 1. The van der Waals surface area contributed by atoms with Crippen LogP contribution in [-0.2, 0) is 4.79 Å². The van der Waals surface area contributed by atoms with Crippen LogP contribution in [0.5, 0.6) is 0 Å². The number of carbonyl (C=O) groups is 2. The Labute approximate surface area is 144 Å². The second kappa shape index (κ2) is 9.65. The molecule has 2 rings (SSSR count). The first kappa shape index (κ1) is 19.6. The van der Waals surface area contributed by atoms with Crippen LogP contribution >= 0.6 is 12.4 Å². The van der Waals surface area contributed by atoms with Gasteiger partial charge in [-0.25, -0.2) is 0 Å². The van der Waals surface area contributed by atoms with E-state index in [1.54, 1.807) is 18.2 Å². The van der Waals surface area contributed by atoms with Gasteiger partial charge in [0, 0.05) is 17.8 Å². The number of piperidine rings is 1. The summed E-state index contributed by atoms with van der Waals surface area (Å²) in [7, 11) is 1.97. The molecule has 0 aliphatic carbocycles. The molecule has 2 N–H and O–H groups in total. The first-order chi connectivity index (χ1) is 10.6. The summed E-state index contributed by atoms with van der Waals surface area (Å²) in [5.74, 6) is 0.598. The first-order valence-electron chi connectivity index (χ1n) is 7.86. The third-order valence-corrected chi connectivity index (χ3v) is 4.02. The lowest BCUT2D eigenvalue weighted by Gasteiger charge is -2.32. The van der Waals surface area contributed by atoms with Crippen LogP contribution < -0.4 is 10.6 Å². The lowest BCUT2D eigenvalue weighted by molar-refractivity contribution is -0.117. The fraction of sp³-hybridized carbons (Fsp3) is 0.529. The van der Waals surface area contributed by atoms with E-state index in [0.29, 0.717) is 23.7 Å². The van der Waals surface area contributed by atoms with Gasteiger partial charge in [-0.2, -0.15) is 0 Å². The predicted molar refractivity (Wildman–Crippen MR) is 95.4 cm³/mol. The number of amides is 1. The highest BCUT2D eigenvalue weighted by molar-refractivity contribution is 5.97. The van der Waals surface area contributed by atoms with E-state index in [0.717, 1.165) is 26.1 Å². The van der Waals surface area contributed by atoms with Crippen LogP contribution in [-0.4, -0.2) is 49.8 Å². The van der Waals surface area contributed by atoms with E-state index in [9.17, 15) is 9.59 Å². The number of halogens is 1. The number of hydrogen-bond donors (Lipinski definition) is 2. The Balaban J connectivity index is 0.00000264. The van der Waals surface area contributed by atoms with E-state index in [-0.39, 0.29) is 24.1 Å². The van der Waals surface area contributed by atoms with Crippen LogP contribution in [0.4, 0.5) is 5.69 Å². The van der Waals surface area contributed by atoms with Crippen molar-refractivity contribution in [1.82, 2.24) is 10.2 Å². The Morgan fingerprint density at radius 3 is 2.83 bits per heavy atom. The average molecular weight is 340 g/mol. The van der Waals surface area contributed by atoms with Crippen molar-refractivity contribution >= 4 is 29.8 Å². The molecule has 6 heteroatoms. The van der Waals surface area contributed by atoms with Gasteiger partial charge < -0.3 is 10.6 Å². The predicted octanol–water partition coefficient (Wildman–Crippen LogP) is 2.18. The van der Waals surface area contributed by atoms with Crippen molar-refractivity contribution in [3.8, 4) is 0 Å². The van der Waals surface area contributed by atoms with E-state index in [4.69, 9.17) is 0 Å². The van der Waals surface area contributed by atoms with Crippen molar-refractivity contribution in [2.24, 2.45) is 5.92 Å². The monoisotopic (exact) mass is 339 g/mol. The summed E-state index contributed by atoms with van der Waals surface area (Å²) in [4.78, 5) is 25.7. The number of anilines is 1. The first-order valence-corrected chi connectivity index (χ1v) is 7.86. The van der Waals surface area contributed by atoms with E-state index in [1.165, 1.54) is 13.3 Å². The minimum Gasteiger partial charge on any atom is -0.325 e. The van der Waals surface area contributed by atoms with Gasteiger partial charge in [0.05, 0.1) is 6.54 Å². The quantitative estimate of drug-likeness (QED) is 0.780. The molecule has 1 aliphatic rings. The van der Waals surface area contributed by atoms with Crippen LogP contribution in [0.25, 0.3) is 0 Å². The van der Waals surface area contributed by atoms with Crippen molar-refractivity contribution in [3.05, 3.63) is 29.8 Å². The van der Waals surface area contributed by atoms with E-state index >= 15 is 0 Å². The maximum atomic E-state index is 12.2. The Bertz CT molecular complexity index is 534. The maximum Gasteiger partial charge on any atom is 0.238 e. The number of rotatable bonds is 6. The standard InChI is InChI=1S/C17H25N3O2.ClH/c1-13(21)15-6-3-7-16(9-15)19-17(22)12-20-8-4-5-14(11-20)10-18-2;/h3,6-7,9,14,18H,4-5,8,10-12H2,1-2H3,(H,19,22);1H. The van der Waals surface area contributed by atoms with Crippen molar-refractivity contribution in [2.75, 3.05) is 38.5 Å². The summed E-state index contributed by atoms with van der Waals surface area (Å²) < 4.78 is 0. The van der Waals surface area contributed by atoms with Crippen molar-refractivity contribution in [2.45, 2.75) is 19.8 Å². The Kier molecular flexibility index (Phi) is 8.23. The smallest absolute Gasteiger partial charge is 0.238 e. The minimum absolute atomic E-state index is 0. The Morgan fingerprint density at radius 1 is 1.35 bits per heavy atom. The fourth-order valence-electron chi connectivity index (χ4n) is 2.97. The molecular weight excluding hydrogens is 314 g/mol. The maximum absolute atomic E-state index is 12.2. The van der Waals surface area contributed by atoms with Gasteiger partial charge in [0.2, 0.25) is 5.91 Å². The number of likely N-dealkylation sites (tertiary alicyclic amines) is 1. The summed E-state index contributed by atoms with van der Waals surface area (Å²) in [6.07, 6.45) is 2.36. The lowest BCUT2D eigenvalue weighted by Crippen LogP contribution is -2.42. The molecule has 1 saturated heterocycles. The molecule has 1 fully saturated rings. The summed E-state index contributed by atoms with van der Waals surface area (Å²) >= 11 is 0. The molecule has 1 unspecified atom stereocenters. The average Bonchev–Trinajstić information content (AvgIpc) is 2.48. The van der Waals surface area contributed by atoms with Gasteiger partial charge in [0.1, 0.15) is 0 Å². The molecule has 5 nitrogen and oxygen atoms in total. The SMILES string of the molecule is CNCC1CCCN(CC(=O)Nc2cccc(C(C)=O)c2)C1.Cl. The molecule has 1 aromatic carbocycles. The number of Topliss-reactive ketones (excluding diaryl/α,β-unsaturated/α-hetero) is 1. The molecule has 1 amide bonds. The molecule has 0 spiro atoms. The molecule has 128 valence electrons. The lowest BCUT2D eigenvalue weighted by atomic mass is 9.98. The number of benzene rings is 1. The summed E-state index contributed by atoms with van der Waals surface area (Å²) in [5.41, 5.74) is 1.30. The molecule has 1 aliphatic heterocycles. The molecule has 0 bridgehead atoms. The molecule has 1 aromatic rings. The highest BCUT2D eigenvalue weighted by Crippen LogP contribution is 2.16. The second-order valence-corrected chi connectivity index (χ2v) is 5.99. The number of carbonyl (C=O) groups excluding carboxylic acids is 2. The van der Waals surface area contributed by atoms with Crippen LogP contribution in [0.15, 0.2) is 24.3 Å². The number of hydrogen-bond acceptors (Lipinski definition) is 4. The third kappa shape index (κ3) is 6.29. The zero-order valence-electron chi connectivity index (χ0n) is 13.8. The zero-order valence-corrected chi connectivity index (χ0v) is 14.6. The number of nitrogens with one attached hydrogen (secondary N) is 2. The Morgan fingerprint density at radius 2 is 2.13 bits per heavy atom. The molecular formula is C17H26ClN3O2. The van der Waals surface area contributed by atoms with Gasteiger partial charge in [-0.3, -0.25) is 14.5 Å². The number of ketones is 1. The highest BCUT2D eigenvalue weighted by Gasteiger charge is 2.21. The molecule has 0 radical (unpaired) electrons. The van der Waals surface area contributed by atoms with Gasteiger partial charge >= 0.3 is 0 Å². The van der Waals surface area contributed by atoms with Gasteiger partial charge in [0.25, 0.3) is 0 Å². The molecule has 0 aromatic heterocycles. The zero-order chi connectivity index (χ0) is 15.9. The highest BCUT2D eigenvalue weighted by atomic mass is 35.5. The summed E-state index contributed by atoms with van der Waals surface area (Å²) in [6, 6.07) is 7.08. The topological polar surface area (TPSA) is 61.4 Å². The van der Waals surface area contributed by atoms with Crippen LogP contribution in [0.1, 0.15) is 30.1 Å². The van der Waals surface area contributed by atoms with Crippen LogP contribution in [0, 0.1) is 5.92 Å². The van der Waals surface area contributed by atoms with Gasteiger partial charge in [-0.05, 0) is 58.0 Å². The van der Waals surface area contributed by atoms with Crippen molar-refractivity contribution in [1.29, 1.82) is 0 Å². The largest absolute Gasteiger partial charge is 0.325 e. The molecule has 0 saturated carbocycles. The van der Waals surface area contributed by atoms with E-state index in [1.807, 2.05) is 13.1 Å². The minimum atomic E-state index is -0.0224. The summed E-state index contributed by atoms with van der Waals surface area (Å²) in [5, 5.41) is 6.09. The van der Waals surface area contributed by atoms with E-state index in [2.05, 4.69) is 15.5 Å². The molecule has 1 atom stereocenters. The van der Waals surface area contributed by atoms with Gasteiger partial charge in [0.15, 0.2) is 5.78 Å². The van der Waals surface area contributed by atoms with Crippen molar-refractivity contribution in [3.63, 3.8) is 0 Å². The molecule has 23 heavy (non-hydrogen) atoms. The fourth-order valence-corrected chi connectivity index (χ4v) is 2.97. The van der Waals surface area contributed by atoms with Crippen molar-refractivity contribution < 1.29 is 9.59 Å². The van der Waals surface area contributed by atoms with Gasteiger partial charge in [-0.1, -0.05) is 12.1 Å². The van der Waals surface area contributed by atoms with E-state index < -0.39 is 0 Å². The van der Waals surface area contributed by atoms with Crippen LogP contribution in [0.3, 0.4) is 0 Å². The normalized spacial score (nSPS) is 18.1. The second-order valence-electron chi connectivity index (χ2n) is 5.99. The summed E-state index contributed by atoms with van der Waals surface area (Å²) in [6.45, 7) is 4.86. The van der Waals surface area contributed by atoms with Gasteiger partial charge in [-0.15, -0.1) is 12.4 Å². The Hall–Kier alpha value is -1.43. The third-order valence-electron chi connectivity index (χ3n) is 4.02.